The molecule has 0 aliphatic rings. The third-order valence-corrected chi connectivity index (χ3v) is 3.58. The minimum absolute atomic E-state index is 0.180. The van der Waals surface area contributed by atoms with Gasteiger partial charge in [-0.3, -0.25) is 9.97 Å². The molecule has 108 valence electrons. The number of pyridine rings is 3. The van der Waals surface area contributed by atoms with Gasteiger partial charge in [0.25, 0.3) is 0 Å². The molecule has 0 spiro atoms. The lowest BCUT2D eigenvalue weighted by molar-refractivity contribution is 0.391. The molecule has 0 aliphatic carbocycles. The van der Waals surface area contributed by atoms with Crippen LogP contribution in [0.2, 0.25) is 0 Å². The minimum atomic E-state index is -0.490. The van der Waals surface area contributed by atoms with Gasteiger partial charge in [-0.1, -0.05) is 0 Å². The monoisotopic (exact) mass is 294 g/mol. The Labute approximate surface area is 124 Å². The van der Waals surface area contributed by atoms with E-state index in [1.165, 1.54) is 7.11 Å². The molecule has 0 fully saturated rings. The van der Waals surface area contributed by atoms with Crippen LogP contribution in [0.15, 0.2) is 43.0 Å². The summed E-state index contributed by atoms with van der Waals surface area (Å²) in [5.74, 6) is -0.310. The summed E-state index contributed by atoms with van der Waals surface area (Å²) in [5.41, 5.74) is 2.99. The van der Waals surface area contributed by atoms with Crippen molar-refractivity contribution in [1.82, 2.24) is 19.9 Å². The van der Waals surface area contributed by atoms with Crippen LogP contribution in [0.1, 0.15) is 0 Å². The van der Waals surface area contributed by atoms with E-state index < -0.39 is 5.82 Å². The predicted molar refractivity (Wildman–Crippen MR) is 81.1 cm³/mol. The second-order valence-electron chi connectivity index (χ2n) is 4.84. The normalized spacial score (nSPS) is 11.2. The Hall–Kier alpha value is -3.02. The zero-order valence-corrected chi connectivity index (χ0v) is 11.7. The molecule has 1 N–H and O–H groups in total. The first-order valence-corrected chi connectivity index (χ1v) is 6.68. The molecule has 4 rings (SSSR count). The molecule has 4 heterocycles. The molecule has 6 heteroatoms. The highest BCUT2D eigenvalue weighted by Gasteiger charge is 2.16. The van der Waals surface area contributed by atoms with Crippen LogP contribution < -0.4 is 4.74 Å². The van der Waals surface area contributed by atoms with Crippen LogP contribution in [0, 0.1) is 5.82 Å². The fraction of sp³-hybridized carbons (Fsp3) is 0.0625. The summed E-state index contributed by atoms with van der Waals surface area (Å²) in [4.78, 5) is 15.7. The molecule has 22 heavy (non-hydrogen) atoms. The molecule has 0 saturated heterocycles. The number of aromatic nitrogens is 4. The number of ether oxygens (including phenoxy) is 1. The lowest BCUT2D eigenvalue weighted by atomic mass is 10.1. The number of rotatable bonds is 2. The van der Waals surface area contributed by atoms with Crippen molar-refractivity contribution in [3.05, 3.63) is 48.8 Å². The molecule has 0 aromatic carbocycles. The number of methoxy groups -OCH3 is 1. The number of H-pyrrole nitrogens is 1. The first kappa shape index (κ1) is 12.7. The average Bonchev–Trinajstić information content (AvgIpc) is 2.93. The lowest BCUT2D eigenvalue weighted by Crippen LogP contribution is -1.90. The molecule has 0 unspecified atom stereocenters. The van der Waals surface area contributed by atoms with Gasteiger partial charge in [0, 0.05) is 23.3 Å². The summed E-state index contributed by atoms with van der Waals surface area (Å²) in [5, 5.41) is 1.43. The standard InChI is InChI=1S/C16H11FN4O/c1-22-15-11(17)7-20-16-14(15)10-5-12(19-8-13(10)21-16)9-3-2-4-18-6-9/h2-8H,1H3,(H,20,21). The zero-order chi connectivity index (χ0) is 15.1. The third kappa shape index (κ3) is 1.81. The van der Waals surface area contributed by atoms with Crippen molar-refractivity contribution in [3.63, 3.8) is 0 Å². The molecule has 0 aliphatic heterocycles. The largest absolute Gasteiger partial charge is 0.493 e. The minimum Gasteiger partial charge on any atom is -0.493 e. The second-order valence-corrected chi connectivity index (χ2v) is 4.84. The summed E-state index contributed by atoms with van der Waals surface area (Å²) < 4.78 is 19.1. The predicted octanol–water partition coefficient (Wildman–Crippen LogP) is 3.32. The molecule has 0 atom stereocenters. The van der Waals surface area contributed by atoms with Crippen LogP contribution in [0.4, 0.5) is 4.39 Å². The summed E-state index contributed by atoms with van der Waals surface area (Å²) in [7, 11) is 1.44. The highest BCUT2D eigenvalue weighted by atomic mass is 19.1. The fourth-order valence-corrected chi connectivity index (χ4v) is 2.58. The van der Waals surface area contributed by atoms with Crippen molar-refractivity contribution in [1.29, 1.82) is 0 Å². The first-order chi connectivity index (χ1) is 10.8. The first-order valence-electron chi connectivity index (χ1n) is 6.68. The van der Waals surface area contributed by atoms with E-state index in [1.807, 2.05) is 18.2 Å². The Balaban J connectivity index is 2.06. The van der Waals surface area contributed by atoms with Gasteiger partial charge < -0.3 is 9.72 Å². The Morgan fingerprint density at radius 3 is 2.86 bits per heavy atom. The molecular formula is C16H11FN4O. The van der Waals surface area contributed by atoms with Crippen molar-refractivity contribution in [3.8, 4) is 17.0 Å². The molecule has 0 saturated carbocycles. The summed E-state index contributed by atoms with van der Waals surface area (Å²) >= 11 is 0. The highest BCUT2D eigenvalue weighted by Crippen LogP contribution is 2.34. The quantitative estimate of drug-likeness (QED) is 0.616. The number of aromatic amines is 1. The van der Waals surface area contributed by atoms with Crippen LogP contribution in [0.25, 0.3) is 33.2 Å². The number of fused-ring (bicyclic) bond motifs is 3. The van der Waals surface area contributed by atoms with Crippen molar-refractivity contribution in [2.75, 3.05) is 7.11 Å². The SMILES string of the molecule is COc1c(F)cnc2[nH]c3cnc(-c4cccnc4)cc3c12. The number of nitrogens with zero attached hydrogens (tertiary/aromatic N) is 3. The van der Waals surface area contributed by atoms with Crippen LogP contribution in [0.3, 0.4) is 0 Å². The van der Waals surface area contributed by atoms with Crippen LogP contribution >= 0.6 is 0 Å². The zero-order valence-electron chi connectivity index (χ0n) is 11.7. The molecule has 4 aromatic heterocycles. The Morgan fingerprint density at radius 1 is 1.18 bits per heavy atom. The van der Waals surface area contributed by atoms with Gasteiger partial charge in [0.1, 0.15) is 5.65 Å². The topological polar surface area (TPSA) is 63.7 Å². The Kier molecular flexibility index (Phi) is 2.75. The molecule has 4 aromatic rings. The average molecular weight is 294 g/mol. The van der Waals surface area contributed by atoms with Gasteiger partial charge in [0.15, 0.2) is 11.6 Å². The fourth-order valence-electron chi connectivity index (χ4n) is 2.58. The van der Waals surface area contributed by atoms with E-state index in [1.54, 1.807) is 18.6 Å². The van der Waals surface area contributed by atoms with Crippen LogP contribution in [-0.2, 0) is 0 Å². The molecule has 5 nitrogen and oxygen atoms in total. The van der Waals surface area contributed by atoms with E-state index >= 15 is 0 Å². The van der Waals surface area contributed by atoms with Gasteiger partial charge in [-0.05, 0) is 18.2 Å². The van der Waals surface area contributed by atoms with Gasteiger partial charge in [-0.2, -0.15) is 0 Å². The second kappa shape index (κ2) is 4.77. The van der Waals surface area contributed by atoms with Crippen molar-refractivity contribution in [2.24, 2.45) is 0 Å². The van der Waals surface area contributed by atoms with E-state index in [2.05, 4.69) is 19.9 Å². The number of halogens is 1. The summed E-state index contributed by atoms with van der Waals surface area (Å²) in [6.07, 6.45) is 6.29. The number of nitrogens with one attached hydrogen (secondary N) is 1. The van der Waals surface area contributed by atoms with Crippen LogP contribution in [-0.4, -0.2) is 27.0 Å². The van der Waals surface area contributed by atoms with E-state index in [0.29, 0.717) is 11.0 Å². The van der Waals surface area contributed by atoms with Crippen molar-refractivity contribution < 1.29 is 9.13 Å². The van der Waals surface area contributed by atoms with E-state index in [4.69, 9.17) is 4.74 Å². The summed E-state index contributed by atoms with van der Waals surface area (Å²) in [6, 6.07) is 5.65. The summed E-state index contributed by atoms with van der Waals surface area (Å²) in [6.45, 7) is 0. The maximum atomic E-state index is 13.9. The third-order valence-electron chi connectivity index (χ3n) is 3.58. The van der Waals surface area contributed by atoms with Gasteiger partial charge >= 0.3 is 0 Å². The van der Waals surface area contributed by atoms with E-state index in [9.17, 15) is 4.39 Å². The maximum absolute atomic E-state index is 13.9. The smallest absolute Gasteiger partial charge is 0.184 e. The van der Waals surface area contributed by atoms with Gasteiger partial charge in [-0.25, -0.2) is 9.37 Å². The Bertz CT molecular complexity index is 982. The van der Waals surface area contributed by atoms with Crippen LogP contribution in [0.5, 0.6) is 5.75 Å². The molecular weight excluding hydrogens is 283 g/mol. The molecule has 0 radical (unpaired) electrons. The van der Waals surface area contributed by atoms with Crippen molar-refractivity contribution >= 4 is 21.9 Å². The Morgan fingerprint density at radius 2 is 2.09 bits per heavy atom. The van der Waals surface area contributed by atoms with E-state index in [-0.39, 0.29) is 5.75 Å². The van der Waals surface area contributed by atoms with E-state index in [0.717, 1.165) is 28.4 Å². The lowest BCUT2D eigenvalue weighted by Gasteiger charge is -2.04. The van der Waals surface area contributed by atoms with Gasteiger partial charge in [-0.15, -0.1) is 0 Å². The van der Waals surface area contributed by atoms with Gasteiger partial charge in [0.05, 0.1) is 36.1 Å². The van der Waals surface area contributed by atoms with Gasteiger partial charge in [0.2, 0.25) is 0 Å². The number of hydrogen-bond acceptors (Lipinski definition) is 4. The highest BCUT2D eigenvalue weighted by molar-refractivity contribution is 6.09. The molecule has 0 amide bonds. The van der Waals surface area contributed by atoms with Crippen molar-refractivity contribution in [2.45, 2.75) is 0 Å². The molecule has 0 bridgehead atoms. The number of hydrogen-bond donors (Lipinski definition) is 1. The maximum Gasteiger partial charge on any atom is 0.184 e.